The van der Waals surface area contributed by atoms with E-state index >= 15 is 0 Å². The van der Waals surface area contributed by atoms with E-state index in [0.29, 0.717) is 5.32 Å². The van der Waals surface area contributed by atoms with Crippen LogP contribution in [0.15, 0.2) is 12.2 Å². The van der Waals surface area contributed by atoms with Crippen LogP contribution in [-0.4, -0.2) is 18.2 Å². The molecular formula is C6H7F3N2O2. The van der Waals surface area contributed by atoms with E-state index in [1.54, 1.807) is 0 Å². The monoisotopic (exact) mass is 196 g/mol. The Kier molecular flexibility index (Phi) is 3.46. The lowest BCUT2D eigenvalue weighted by Gasteiger charge is -2.08. The summed E-state index contributed by atoms with van der Waals surface area (Å²) in [7, 11) is 0. The third kappa shape index (κ3) is 5.71. The number of carbonyl (C=O) groups is 2. The molecule has 4 nitrogen and oxygen atoms in total. The maximum atomic E-state index is 11.5. The summed E-state index contributed by atoms with van der Waals surface area (Å²) in [5.74, 6) is -0.957. The molecule has 0 unspecified atom stereocenters. The summed E-state index contributed by atoms with van der Waals surface area (Å²) in [6.07, 6.45) is -4.85. The first-order chi connectivity index (χ1) is 5.72. The molecule has 0 aromatic heterocycles. The summed E-state index contributed by atoms with van der Waals surface area (Å²) in [5.41, 5.74) is -0.0580. The normalized spacial score (nSPS) is 10.5. The average molecular weight is 196 g/mol. The highest BCUT2D eigenvalue weighted by molar-refractivity contribution is 6.03. The number of rotatable bonds is 1. The fourth-order valence-electron chi connectivity index (χ4n) is 0.370. The predicted octanol–water partition coefficient (Wildman–Crippen LogP) is 0.908. The molecule has 0 rings (SSSR count). The van der Waals surface area contributed by atoms with Crippen LogP contribution in [-0.2, 0) is 4.79 Å². The number of halogens is 3. The van der Waals surface area contributed by atoms with Crippen molar-refractivity contribution in [2.75, 3.05) is 0 Å². The SMILES string of the molecule is C=C(C)C(=O)NC(=O)NC(F)(F)F. The predicted molar refractivity (Wildman–Crippen MR) is 37.5 cm³/mol. The second-order valence-electron chi connectivity index (χ2n) is 2.19. The first-order valence-corrected chi connectivity index (χ1v) is 3.08. The molecule has 7 heteroatoms. The molecule has 0 aliphatic carbocycles. The summed E-state index contributed by atoms with van der Waals surface area (Å²) < 4.78 is 34.4. The zero-order valence-electron chi connectivity index (χ0n) is 6.66. The van der Waals surface area contributed by atoms with E-state index in [4.69, 9.17) is 0 Å². The van der Waals surface area contributed by atoms with Gasteiger partial charge < -0.3 is 0 Å². The van der Waals surface area contributed by atoms with Crippen molar-refractivity contribution in [3.05, 3.63) is 12.2 Å². The number of amides is 3. The number of carbonyl (C=O) groups excluding carboxylic acids is 2. The highest BCUT2D eigenvalue weighted by Gasteiger charge is 2.30. The zero-order valence-corrected chi connectivity index (χ0v) is 6.66. The molecule has 0 saturated heterocycles. The molecule has 0 aliphatic heterocycles. The van der Waals surface area contributed by atoms with Gasteiger partial charge in [-0.3, -0.25) is 10.1 Å². The topological polar surface area (TPSA) is 58.2 Å². The molecule has 74 valence electrons. The molecule has 0 aromatic carbocycles. The van der Waals surface area contributed by atoms with Gasteiger partial charge >= 0.3 is 12.3 Å². The lowest BCUT2D eigenvalue weighted by molar-refractivity contribution is -0.145. The van der Waals surface area contributed by atoms with Crippen molar-refractivity contribution in [1.82, 2.24) is 10.6 Å². The standard InChI is InChI=1S/C6H7F3N2O2/c1-3(2)4(12)10-5(13)11-6(7,8)9/h1H2,2H3,(H2,10,11,12,13). The van der Waals surface area contributed by atoms with Crippen molar-refractivity contribution in [3.8, 4) is 0 Å². The molecular weight excluding hydrogens is 189 g/mol. The van der Waals surface area contributed by atoms with Crippen LogP contribution < -0.4 is 10.6 Å². The number of hydrogen-bond acceptors (Lipinski definition) is 2. The van der Waals surface area contributed by atoms with Crippen LogP contribution in [0, 0.1) is 0 Å². The molecule has 0 aromatic rings. The van der Waals surface area contributed by atoms with Gasteiger partial charge in [-0.2, -0.15) is 13.2 Å². The summed E-state index contributed by atoms with van der Waals surface area (Å²) in [5, 5.41) is 2.02. The van der Waals surface area contributed by atoms with Gasteiger partial charge in [0.25, 0.3) is 5.91 Å². The Hall–Kier alpha value is -1.53. The van der Waals surface area contributed by atoms with Gasteiger partial charge in [-0.1, -0.05) is 6.58 Å². The molecule has 0 heterocycles. The second-order valence-corrected chi connectivity index (χ2v) is 2.19. The Morgan fingerprint density at radius 1 is 1.31 bits per heavy atom. The van der Waals surface area contributed by atoms with Gasteiger partial charge in [0.1, 0.15) is 0 Å². The summed E-state index contributed by atoms with van der Waals surface area (Å²) >= 11 is 0. The number of hydrogen-bond donors (Lipinski definition) is 2. The lowest BCUT2D eigenvalue weighted by Crippen LogP contribution is -2.46. The van der Waals surface area contributed by atoms with E-state index < -0.39 is 18.2 Å². The minimum atomic E-state index is -4.85. The fourth-order valence-corrected chi connectivity index (χ4v) is 0.370. The van der Waals surface area contributed by atoms with Crippen molar-refractivity contribution in [3.63, 3.8) is 0 Å². The summed E-state index contributed by atoms with van der Waals surface area (Å²) in [6.45, 7) is 4.39. The van der Waals surface area contributed by atoms with Gasteiger partial charge in [0.2, 0.25) is 0 Å². The maximum absolute atomic E-state index is 11.5. The molecule has 3 amide bonds. The van der Waals surface area contributed by atoms with Gasteiger partial charge in [-0.15, -0.1) is 0 Å². The molecule has 0 aliphatic rings. The van der Waals surface area contributed by atoms with Crippen LogP contribution in [0.3, 0.4) is 0 Å². The Morgan fingerprint density at radius 3 is 2.08 bits per heavy atom. The minimum Gasteiger partial charge on any atom is -0.274 e. The molecule has 0 radical (unpaired) electrons. The van der Waals surface area contributed by atoms with Gasteiger partial charge in [-0.25, -0.2) is 10.1 Å². The zero-order chi connectivity index (χ0) is 10.6. The fraction of sp³-hybridized carbons (Fsp3) is 0.333. The molecule has 0 bridgehead atoms. The van der Waals surface area contributed by atoms with Crippen molar-refractivity contribution >= 4 is 11.9 Å². The van der Waals surface area contributed by atoms with Crippen molar-refractivity contribution < 1.29 is 22.8 Å². The largest absolute Gasteiger partial charge is 0.485 e. The molecule has 13 heavy (non-hydrogen) atoms. The highest BCUT2D eigenvalue weighted by Crippen LogP contribution is 2.08. The minimum absolute atomic E-state index is 0.0580. The maximum Gasteiger partial charge on any atom is 0.485 e. The van der Waals surface area contributed by atoms with E-state index in [1.807, 2.05) is 0 Å². The third-order valence-electron chi connectivity index (χ3n) is 0.870. The third-order valence-corrected chi connectivity index (χ3v) is 0.870. The summed E-state index contributed by atoms with van der Waals surface area (Å²) in [4.78, 5) is 21.0. The van der Waals surface area contributed by atoms with E-state index in [9.17, 15) is 22.8 Å². The number of nitrogens with one attached hydrogen (secondary N) is 2. The van der Waals surface area contributed by atoms with Gasteiger partial charge in [0.15, 0.2) is 0 Å². The van der Waals surface area contributed by atoms with Crippen LogP contribution >= 0.6 is 0 Å². The van der Waals surface area contributed by atoms with Crippen LogP contribution in [0.2, 0.25) is 0 Å². The van der Waals surface area contributed by atoms with Gasteiger partial charge in [0, 0.05) is 5.57 Å². The second kappa shape index (κ2) is 3.92. The molecule has 0 saturated carbocycles. The van der Waals surface area contributed by atoms with E-state index in [1.165, 1.54) is 12.2 Å². The van der Waals surface area contributed by atoms with E-state index in [2.05, 4.69) is 6.58 Å². The molecule has 0 spiro atoms. The van der Waals surface area contributed by atoms with Crippen molar-refractivity contribution in [1.29, 1.82) is 0 Å². The average Bonchev–Trinajstić information content (AvgIpc) is 1.81. The number of alkyl halides is 3. The van der Waals surface area contributed by atoms with Gasteiger partial charge in [-0.05, 0) is 6.92 Å². The van der Waals surface area contributed by atoms with Crippen LogP contribution in [0.25, 0.3) is 0 Å². The first-order valence-electron chi connectivity index (χ1n) is 3.08. The van der Waals surface area contributed by atoms with Crippen LogP contribution in [0.4, 0.5) is 18.0 Å². The Morgan fingerprint density at radius 2 is 1.77 bits per heavy atom. The van der Waals surface area contributed by atoms with Crippen molar-refractivity contribution in [2.24, 2.45) is 0 Å². The van der Waals surface area contributed by atoms with Gasteiger partial charge in [0.05, 0.1) is 0 Å². The smallest absolute Gasteiger partial charge is 0.274 e. The van der Waals surface area contributed by atoms with Crippen molar-refractivity contribution in [2.45, 2.75) is 13.2 Å². The van der Waals surface area contributed by atoms with Crippen LogP contribution in [0.1, 0.15) is 6.92 Å². The van der Waals surface area contributed by atoms with Crippen LogP contribution in [0.5, 0.6) is 0 Å². The highest BCUT2D eigenvalue weighted by atomic mass is 19.4. The molecule has 0 fully saturated rings. The first kappa shape index (κ1) is 11.5. The van der Waals surface area contributed by atoms with E-state index in [-0.39, 0.29) is 5.57 Å². The molecule has 0 atom stereocenters. The number of imide groups is 1. The number of urea groups is 1. The quantitative estimate of drug-likeness (QED) is 0.483. The Labute approximate surface area is 71.8 Å². The van der Waals surface area contributed by atoms with E-state index in [0.717, 1.165) is 0 Å². The molecule has 2 N–H and O–H groups in total. The summed E-state index contributed by atoms with van der Waals surface area (Å²) in [6, 6.07) is -1.62. The Balaban J connectivity index is 4.04. The lowest BCUT2D eigenvalue weighted by atomic mass is 10.3. The Bertz CT molecular complexity index is 247.